The van der Waals surface area contributed by atoms with Gasteiger partial charge in [-0.2, -0.15) is 0 Å². The average Bonchev–Trinajstić information content (AvgIpc) is 3.12. The Morgan fingerprint density at radius 3 is 2.65 bits per heavy atom. The molecule has 8 nitrogen and oxygen atoms in total. The molecule has 0 unspecified atom stereocenters. The minimum absolute atomic E-state index is 0.0658. The largest absolute Gasteiger partial charge is 0.360 e. The lowest BCUT2D eigenvalue weighted by Gasteiger charge is -2.33. The van der Waals surface area contributed by atoms with Crippen LogP contribution in [0.1, 0.15) is 5.82 Å². The zero-order valence-electron chi connectivity index (χ0n) is 14.0. The molecule has 1 fully saturated rings. The molecule has 4 rings (SSSR count). The number of fused-ring (bicyclic) bond motifs is 1. The lowest BCUT2D eigenvalue weighted by Crippen LogP contribution is -3.13. The van der Waals surface area contributed by atoms with Crippen LogP contribution in [0.5, 0.6) is 0 Å². The molecule has 1 aliphatic heterocycles. The molecule has 3 aromatic rings. The molecule has 0 aliphatic carbocycles. The van der Waals surface area contributed by atoms with Gasteiger partial charge in [0.2, 0.25) is 0 Å². The van der Waals surface area contributed by atoms with E-state index in [4.69, 9.17) is 0 Å². The monoisotopic (exact) mass is 372 g/mol. The molecule has 9 heteroatoms. The maximum absolute atomic E-state index is 12.1. The number of nitrogens with one attached hydrogen (secondary N) is 2. The highest BCUT2D eigenvalue weighted by atomic mass is 32.1. The van der Waals surface area contributed by atoms with Gasteiger partial charge in [0.1, 0.15) is 11.2 Å². The number of nitro benzene ring substituents is 1. The maximum Gasteiger partial charge on any atom is 0.269 e. The molecule has 26 heavy (non-hydrogen) atoms. The van der Waals surface area contributed by atoms with E-state index < -0.39 is 0 Å². The highest BCUT2D eigenvalue weighted by Crippen LogP contribution is 2.19. The van der Waals surface area contributed by atoms with Gasteiger partial charge in [-0.15, -0.1) is 11.3 Å². The number of quaternary nitrogens is 1. The second-order valence-electron chi connectivity index (χ2n) is 6.33. The van der Waals surface area contributed by atoms with Crippen LogP contribution in [0.15, 0.2) is 40.5 Å². The third-order valence-corrected chi connectivity index (χ3v) is 5.58. The van der Waals surface area contributed by atoms with Gasteiger partial charge in [-0.3, -0.25) is 14.9 Å². The van der Waals surface area contributed by atoms with E-state index in [1.165, 1.54) is 16.2 Å². The van der Waals surface area contributed by atoms with Crippen molar-refractivity contribution in [3.05, 3.63) is 62.0 Å². The minimum atomic E-state index is -0.385. The molecular weight excluding hydrogens is 354 g/mol. The van der Waals surface area contributed by atoms with Crippen LogP contribution >= 0.6 is 11.3 Å². The van der Waals surface area contributed by atoms with Crippen LogP contribution in [-0.2, 0) is 6.54 Å². The van der Waals surface area contributed by atoms with E-state index in [1.807, 2.05) is 11.4 Å². The summed E-state index contributed by atoms with van der Waals surface area (Å²) < 4.78 is 0.673. The SMILES string of the molecule is O=c1[nH]c(C[NH+]2CCN(c3ccc([N+](=O)[O-])cc3)CC2)nc2ccsc12. The summed E-state index contributed by atoms with van der Waals surface area (Å²) in [5.41, 5.74) is 1.80. The Kier molecular flexibility index (Phi) is 4.39. The maximum atomic E-state index is 12.1. The summed E-state index contributed by atoms with van der Waals surface area (Å²) in [7, 11) is 0. The molecule has 1 aromatic carbocycles. The normalized spacial score (nSPS) is 15.5. The first-order chi connectivity index (χ1) is 12.6. The lowest BCUT2D eigenvalue weighted by atomic mass is 10.2. The third-order valence-electron chi connectivity index (χ3n) is 4.68. The number of non-ortho nitro benzene ring substituents is 1. The Bertz CT molecular complexity index is 990. The Balaban J connectivity index is 1.39. The second kappa shape index (κ2) is 6.85. The van der Waals surface area contributed by atoms with E-state index >= 15 is 0 Å². The summed E-state index contributed by atoms with van der Waals surface area (Å²) in [6.07, 6.45) is 0. The number of nitrogens with zero attached hydrogens (tertiary/aromatic N) is 3. The van der Waals surface area contributed by atoms with Crippen LogP contribution in [0, 0.1) is 10.1 Å². The number of hydrogen-bond acceptors (Lipinski definition) is 6. The van der Waals surface area contributed by atoms with E-state index in [0.717, 1.165) is 43.2 Å². The van der Waals surface area contributed by atoms with Gasteiger partial charge in [-0.25, -0.2) is 4.98 Å². The van der Waals surface area contributed by atoms with Crippen LogP contribution in [0.4, 0.5) is 11.4 Å². The molecule has 0 bridgehead atoms. The van der Waals surface area contributed by atoms with E-state index in [0.29, 0.717) is 11.2 Å². The number of aromatic nitrogens is 2. The minimum Gasteiger partial charge on any atom is -0.360 e. The average molecular weight is 372 g/mol. The van der Waals surface area contributed by atoms with Crippen molar-refractivity contribution in [3.8, 4) is 0 Å². The van der Waals surface area contributed by atoms with Crippen LogP contribution < -0.4 is 15.4 Å². The Hall–Kier alpha value is -2.78. The molecule has 1 aliphatic rings. The Morgan fingerprint density at radius 1 is 1.23 bits per heavy atom. The van der Waals surface area contributed by atoms with Gasteiger partial charge >= 0.3 is 0 Å². The van der Waals surface area contributed by atoms with E-state index in [-0.39, 0.29) is 16.2 Å². The van der Waals surface area contributed by atoms with Gasteiger partial charge < -0.3 is 14.8 Å². The molecule has 0 saturated carbocycles. The standard InChI is InChI=1S/C17H17N5O3S/c23-17-16-14(5-10-26-16)18-15(19-17)11-20-6-8-21(9-7-20)12-1-3-13(4-2-12)22(24)25/h1-5,10H,6-9,11H2,(H,18,19,23)/p+1. The first-order valence-electron chi connectivity index (χ1n) is 8.39. The zero-order chi connectivity index (χ0) is 18.1. The Labute approximate surface area is 152 Å². The van der Waals surface area contributed by atoms with Crippen molar-refractivity contribution in [3.63, 3.8) is 0 Å². The number of anilines is 1. The van der Waals surface area contributed by atoms with Crippen molar-refractivity contribution in [2.45, 2.75) is 6.54 Å². The molecule has 2 aromatic heterocycles. The number of thiophene rings is 1. The van der Waals surface area contributed by atoms with Gasteiger partial charge in [0.25, 0.3) is 11.2 Å². The molecule has 0 amide bonds. The van der Waals surface area contributed by atoms with Gasteiger partial charge in [-0.1, -0.05) is 0 Å². The number of benzene rings is 1. The molecule has 0 radical (unpaired) electrons. The molecule has 134 valence electrons. The number of aromatic amines is 1. The van der Waals surface area contributed by atoms with Crippen molar-refractivity contribution >= 4 is 32.9 Å². The summed E-state index contributed by atoms with van der Waals surface area (Å²) in [5.74, 6) is 0.722. The molecular formula is C17H18N5O3S+. The second-order valence-corrected chi connectivity index (χ2v) is 7.25. The van der Waals surface area contributed by atoms with Crippen LogP contribution in [0.25, 0.3) is 10.2 Å². The van der Waals surface area contributed by atoms with Crippen molar-refractivity contribution in [1.29, 1.82) is 0 Å². The van der Waals surface area contributed by atoms with Gasteiger partial charge in [-0.05, 0) is 23.6 Å². The first kappa shape index (κ1) is 16.7. The number of hydrogen-bond donors (Lipinski definition) is 2. The summed E-state index contributed by atoms with van der Waals surface area (Å²) in [4.78, 5) is 33.5. The fourth-order valence-corrected chi connectivity index (χ4v) is 4.01. The van der Waals surface area contributed by atoms with Crippen molar-refractivity contribution in [1.82, 2.24) is 9.97 Å². The van der Waals surface area contributed by atoms with Crippen molar-refractivity contribution < 1.29 is 9.82 Å². The Morgan fingerprint density at radius 2 is 1.96 bits per heavy atom. The number of piperazine rings is 1. The number of H-pyrrole nitrogens is 1. The zero-order valence-corrected chi connectivity index (χ0v) is 14.8. The molecule has 0 spiro atoms. The highest BCUT2D eigenvalue weighted by molar-refractivity contribution is 7.17. The predicted molar refractivity (Wildman–Crippen MR) is 100.0 cm³/mol. The van der Waals surface area contributed by atoms with E-state index in [2.05, 4.69) is 14.9 Å². The highest BCUT2D eigenvalue weighted by Gasteiger charge is 2.22. The molecule has 2 N–H and O–H groups in total. The fourth-order valence-electron chi connectivity index (χ4n) is 3.29. The summed E-state index contributed by atoms with van der Waals surface area (Å²) in [6.45, 7) is 4.25. The number of nitro groups is 1. The summed E-state index contributed by atoms with van der Waals surface area (Å²) in [6, 6.07) is 8.55. The van der Waals surface area contributed by atoms with Gasteiger partial charge in [0, 0.05) is 17.8 Å². The quantitative estimate of drug-likeness (QED) is 0.522. The van der Waals surface area contributed by atoms with Crippen LogP contribution in [-0.4, -0.2) is 41.1 Å². The summed E-state index contributed by atoms with van der Waals surface area (Å²) >= 11 is 1.41. The van der Waals surface area contributed by atoms with Crippen molar-refractivity contribution in [2.75, 3.05) is 31.1 Å². The summed E-state index contributed by atoms with van der Waals surface area (Å²) in [5, 5.41) is 12.6. The third kappa shape index (κ3) is 3.31. The lowest BCUT2D eigenvalue weighted by molar-refractivity contribution is -0.915. The van der Waals surface area contributed by atoms with Crippen LogP contribution in [0.2, 0.25) is 0 Å². The van der Waals surface area contributed by atoms with Gasteiger partial charge in [0.05, 0.1) is 36.6 Å². The van der Waals surface area contributed by atoms with Gasteiger partial charge in [0.15, 0.2) is 5.82 Å². The fraction of sp³-hybridized carbons (Fsp3) is 0.294. The molecule has 3 heterocycles. The van der Waals surface area contributed by atoms with E-state index in [9.17, 15) is 14.9 Å². The topological polar surface area (TPSA) is 96.6 Å². The molecule has 0 atom stereocenters. The number of rotatable bonds is 4. The van der Waals surface area contributed by atoms with Crippen LogP contribution in [0.3, 0.4) is 0 Å². The first-order valence-corrected chi connectivity index (χ1v) is 9.27. The molecule has 1 saturated heterocycles. The van der Waals surface area contributed by atoms with Crippen molar-refractivity contribution in [2.24, 2.45) is 0 Å². The predicted octanol–water partition coefficient (Wildman–Crippen LogP) is 0.798. The smallest absolute Gasteiger partial charge is 0.269 e. The van der Waals surface area contributed by atoms with E-state index in [1.54, 1.807) is 24.3 Å².